The third-order valence-corrected chi connectivity index (χ3v) is 3.12. The van der Waals surface area contributed by atoms with Crippen LogP contribution < -0.4 is 0 Å². The zero-order valence-corrected chi connectivity index (χ0v) is 11.4. The van der Waals surface area contributed by atoms with Crippen LogP contribution >= 0.6 is 27.5 Å². The van der Waals surface area contributed by atoms with Crippen molar-refractivity contribution >= 4 is 27.5 Å². The van der Waals surface area contributed by atoms with E-state index in [4.69, 9.17) is 16.9 Å². The minimum Gasteiger partial charge on any atom is -0.240 e. The minimum absolute atomic E-state index is 0.252. The summed E-state index contributed by atoms with van der Waals surface area (Å²) in [5.41, 5.74) is 2.97. The molecule has 0 spiro atoms. The van der Waals surface area contributed by atoms with Crippen LogP contribution in [0, 0.1) is 18.3 Å². The molecule has 2 rings (SSSR count). The highest BCUT2D eigenvalue weighted by atomic mass is 79.9. The molecular weight excluding hydrogens is 300 g/mol. The van der Waals surface area contributed by atoms with E-state index in [0.717, 1.165) is 21.3 Å². The lowest BCUT2D eigenvalue weighted by Crippen LogP contribution is -1.92. The van der Waals surface area contributed by atoms with Crippen LogP contribution in [0.2, 0.25) is 5.15 Å². The second-order valence-electron chi connectivity index (χ2n) is 3.60. The third-order valence-electron chi connectivity index (χ3n) is 2.35. The number of rotatable bonds is 1. The Bertz CT molecular complexity index is 617. The van der Waals surface area contributed by atoms with Crippen LogP contribution in [0.5, 0.6) is 0 Å². The first-order valence-corrected chi connectivity index (χ1v) is 6.12. The van der Waals surface area contributed by atoms with E-state index >= 15 is 0 Å². The highest BCUT2D eigenvalue weighted by molar-refractivity contribution is 9.10. The van der Waals surface area contributed by atoms with Crippen molar-refractivity contribution in [2.45, 2.75) is 6.92 Å². The molecule has 0 unspecified atom stereocenters. The van der Waals surface area contributed by atoms with Crippen molar-refractivity contribution in [3.05, 3.63) is 51.2 Å². The topological polar surface area (TPSA) is 36.7 Å². The highest BCUT2D eigenvalue weighted by Gasteiger charge is 2.11. The van der Waals surface area contributed by atoms with Gasteiger partial charge in [0.1, 0.15) is 11.2 Å². The summed E-state index contributed by atoms with van der Waals surface area (Å²) in [6.45, 7) is 1.86. The number of pyridine rings is 1. The summed E-state index contributed by atoms with van der Waals surface area (Å²) >= 11 is 9.39. The molecule has 2 aromatic rings. The Labute approximate surface area is 113 Å². The monoisotopic (exact) mass is 306 g/mol. The Kier molecular flexibility index (Phi) is 3.46. The van der Waals surface area contributed by atoms with Crippen LogP contribution in [0.1, 0.15) is 11.3 Å². The van der Waals surface area contributed by atoms with Crippen LogP contribution in [0.3, 0.4) is 0 Å². The lowest BCUT2D eigenvalue weighted by Gasteiger charge is -2.07. The lowest BCUT2D eigenvalue weighted by molar-refractivity contribution is 1.19. The molecule has 84 valence electrons. The van der Waals surface area contributed by atoms with Gasteiger partial charge in [0.15, 0.2) is 0 Å². The van der Waals surface area contributed by atoms with E-state index in [1.807, 2.05) is 37.3 Å². The zero-order valence-electron chi connectivity index (χ0n) is 9.04. The van der Waals surface area contributed by atoms with Gasteiger partial charge in [0.2, 0.25) is 0 Å². The van der Waals surface area contributed by atoms with Gasteiger partial charge in [-0.25, -0.2) is 4.98 Å². The van der Waals surface area contributed by atoms with E-state index in [2.05, 4.69) is 27.0 Å². The predicted octanol–water partition coefficient (Wildman–Crippen LogP) is 4.34. The minimum atomic E-state index is 0.252. The van der Waals surface area contributed by atoms with E-state index in [-0.39, 0.29) is 5.15 Å². The molecule has 0 atom stereocenters. The number of aromatic nitrogens is 1. The van der Waals surface area contributed by atoms with Crippen molar-refractivity contribution in [1.29, 1.82) is 5.26 Å². The summed E-state index contributed by atoms with van der Waals surface area (Å²) in [7, 11) is 0. The Hall–Kier alpha value is -1.37. The van der Waals surface area contributed by atoms with Gasteiger partial charge < -0.3 is 0 Å². The van der Waals surface area contributed by atoms with E-state index < -0.39 is 0 Å². The molecule has 0 saturated heterocycles. The molecule has 17 heavy (non-hydrogen) atoms. The first-order valence-electron chi connectivity index (χ1n) is 4.95. The van der Waals surface area contributed by atoms with Gasteiger partial charge in [-0.3, -0.25) is 0 Å². The largest absolute Gasteiger partial charge is 0.240 e. The molecule has 1 heterocycles. The number of hydrogen-bond donors (Lipinski definition) is 0. The second-order valence-corrected chi connectivity index (χ2v) is 4.87. The van der Waals surface area contributed by atoms with Gasteiger partial charge >= 0.3 is 0 Å². The fourth-order valence-electron chi connectivity index (χ4n) is 1.63. The van der Waals surface area contributed by atoms with Gasteiger partial charge in [0.05, 0.1) is 5.56 Å². The molecule has 0 amide bonds. The number of benzene rings is 1. The van der Waals surface area contributed by atoms with Gasteiger partial charge in [-0.15, -0.1) is 0 Å². The van der Waals surface area contributed by atoms with Crippen LogP contribution in [0.15, 0.2) is 34.8 Å². The van der Waals surface area contributed by atoms with E-state index in [1.165, 1.54) is 0 Å². The Balaban J connectivity index is 2.71. The van der Waals surface area contributed by atoms with Crippen molar-refractivity contribution in [3.8, 4) is 17.2 Å². The van der Waals surface area contributed by atoms with Gasteiger partial charge in [-0.05, 0) is 30.7 Å². The van der Waals surface area contributed by atoms with Crippen LogP contribution in [0.4, 0.5) is 0 Å². The summed E-state index contributed by atoms with van der Waals surface area (Å²) in [5, 5.41) is 9.39. The Morgan fingerprint density at radius 3 is 2.76 bits per heavy atom. The first kappa shape index (κ1) is 12.1. The van der Waals surface area contributed by atoms with E-state index in [0.29, 0.717) is 5.56 Å². The van der Waals surface area contributed by atoms with Crippen LogP contribution in [-0.2, 0) is 0 Å². The Morgan fingerprint density at radius 2 is 2.12 bits per heavy atom. The molecule has 0 aliphatic carbocycles. The van der Waals surface area contributed by atoms with Crippen molar-refractivity contribution in [3.63, 3.8) is 0 Å². The standard InChI is InChI=1S/C13H8BrClN2/c1-8-5-11(12(7-16)13(15)17-8)9-3-2-4-10(14)6-9/h2-6H,1H3. The van der Waals surface area contributed by atoms with Crippen molar-refractivity contribution < 1.29 is 0 Å². The SMILES string of the molecule is Cc1cc(-c2cccc(Br)c2)c(C#N)c(Cl)n1. The fourth-order valence-corrected chi connectivity index (χ4v) is 2.30. The predicted molar refractivity (Wildman–Crippen MR) is 71.8 cm³/mol. The molecule has 4 heteroatoms. The van der Waals surface area contributed by atoms with Crippen molar-refractivity contribution in [2.24, 2.45) is 0 Å². The van der Waals surface area contributed by atoms with Gasteiger partial charge in [-0.2, -0.15) is 5.26 Å². The molecule has 2 nitrogen and oxygen atoms in total. The average molecular weight is 308 g/mol. The highest BCUT2D eigenvalue weighted by Crippen LogP contribution is 2.29. The Morgan fingerprint density at radius 1 is 1.35 bits per heavy atom. The van der Waals surface area contributed by atoms with Gasteiger partial charge in [0, 0.05) is 15.7 Å². The molecule has 0 radical (unpaired) electrons. The molecular formula is C13H8BrClN2. The van der Waals surface area contributed by atoms with Crippen molar-refractivity contribution in [2.75, 3.05) is 0 Å². The van der Waals surface area contributed by atoms with Gasteiger partial charge in [0.25, 0.3) is 0 Å². The summed E-state index contributed by atoms with van der Waals surface area (Å²) in [5.74, 6) is 0. The summed E-state index contributed by atoms with van der Waals surface area (Å²) < 4.78 is 0.962. The maximum Gasteiger partial charge on any atom is 0.147 e. The molecule has 0 saturated carbocycles. The summed E-state index contributed by atoms with van der Waals surface area (Å²) in [6, 6.07) is 11.7. The molecule has 0 fully saturated rings. The zero-order chi connectivity index (χ0) is 12.4. The smallest absolute Gasteiger partial charge is 0.147 e. The molecule has 0 aliphatic heterocycles. The normalized spacial score (nSPS) is 10.0. The van der Waals surface area contributed by atoms with Crippen LogP contribution in [-0.4, -0.2) is 4.98 Å². The van der Waals surface area contributed by atoms with Gasteiger partial charge in [-0.1, -0.05) is 39.7 Å². The number of halogens is 2. The van der Waals surface area contributed by atoms with Crippen molar-refractivity contribution in [1.82, 2.24) is 4.98 Å². The second kappa shape index (κ2) is 4.87. The molecule has 1 aromatic carbocycles. The fraction of sp³-hybridized carbons (Fsp3) is 0.0769. The molecule has 0 aliphatic rings. The maximum absolute atomic E-state index is 9.13. The maximum atomic E-state index is 9.13. The number of aryl methyl sites for hydroxylation is 1. The van der Waals surface area contributed by atoms with E-state index in [9.17, 15) is 0 Å². The third kappa shape index (κ3) is 2.49. The number of nitrogens with zero attached hydrogens (tertiary/aromatic N) is 2. The summed E-state index contributed by atoms with van der Waals surface area (Å²) in [6.07, 6.45) is 0. The lowest BCUT2D eigenvalue weighted by atomic mass is 10.0. The molecule has 1 aromatic heterocycles. The van der Waals surface area contributed by atoms with E-state index in [1.54, 1.807) is 0 Å². The first-order chi connectivity index (χ1) is 8.11. The molecule has 0 N–H and O–H groups in total. The average Bonchev–Trinajstić information content (AvgIpc) is 2.28. The summed E-state index contributed by atoms with van der Waals surface area (Å²) in [4.78, 5) is 4.08. The molecule has 0 bridgehead atoms. The van der Waals surface area contributed by atoms with Crippen LogP contribution in [0.25, 0.3) is 11.1 Å². The quantitative estimate of drug-likeness (QED) is 0.735. The number of nitriles is 1. The number of hydrogen-bond acceptors (Lipinski definition) is 2.